The van der Waals surface area contributed by atoms with Crippen molar-refractivity contribution in [3.8, 4) is 0 Å². The van der Waals surface area contributed by atoms with Crippen molar-refractivity contribution in [1.29, 1.82) is 0 Å². The van der Waals surface area contributed by atoms with Gasteiger partial charge in [-0.3, -0.25) is 0 Å². The Balaban J connectivity index is 0.00000147. The first kappa shape index (κ1) is 15.4. The second-order valence-corrected chi connectivity index (χ2v) is 4.95. The molecule has 1 unspecified atom stereocenters. The van der Waals surface area contributed by atoms with Crippen molar-refractivity contribution in [2.45, 2.75) is 6.04 Å². The van der Waals surface area contributed by atoms with E-state index in [1.54, 1.807) is 6.08 Å². The van der Waals surface area contributed by atoms with Crippen LogP contribution in [0.1, 0.15) is 5.82 Å². The first-order chi connectivity index (χ1) is 8.94. The van der Waals surface area contributed by atoms with Gasteiger partial charge in [0.05, 0.1) is 12.6 Å². The molecule has 2 amide bonds. The van der Waals surface area contributed by atoms with Crippen molar-refractivity contribution in [2.24, 2.45) is 0 Å². The summed E-state index contributed by atoms with van der Waals surface area (Å²) in [6.45, 7) is 0.420. The molecule has 1 saturated heterocycles. The normalized spacial score (nSPS) is 21.8. The third-order valence-electron chi connectivity index (χ3n) is 2.74. The Kier molecular flexibility index (Phi) is 4.18. The number of rotatable bonds is 3. The van der Waals surface area contributed by atoms with Crippen molar-refractivity contribution in [1.82, 2.24) is 20.1 Å². The molecule has 1 atom stereocenters. The summed E-state index contributed by atoms with van der Waals surface area (Å²) in [6, 6.07) is -1.38. The van der Waals surface area contributed by atoms with E-state index in [9.17, 15) is 17.8 Å². The minimum absolute atomic E-state index is 0. The minimum Gasteiger partial charge on any atom is -0.724 e. The third kappa shape index (κ3) is 2.87. The Hall–Kier alpha value is -0.980. The molecular formula is C8H7N4NaO6S. The van der Waals surface area contributed by atoms with Crippen LogP contribution in [-0.2, 0) is 14.7 Å². The molecule has 0 aliphatic carbocycles. The van der Waals surface area contributed by atoms with Gasteiger partial charge in [0.15, 0.2) is 5.82 Å². The van der Waals surface area contributed by atoms with E-state index in [0.717, 1.165) is 6.39 Å². The Labute approximate surface area is 135 Å². The number of carbonyl (C=O) groups excluding carboxylic acids is 1. The van der Waals surface area contributed by atoms with Gasteiger partial charge in [0.2, 0.25) is 16.8 Å². The van der Waals surface area contributed by atoms with Crippen LogP contribution in [0.3, 0.4) is 0 Å². The molecule has 0 spiro atoms. The molecule has 0 N–H and O–H groups in total. The summed E-state index contributed by atoms with van der Waals surface area (Å²) in [7, 11) is -5.00. The second-order valence-electron chi connectivity index (χ2n) is 3.99. The predicted molar refractivity (Wildman–Crippen MR) is 55.7 cm³/mol. The Morgan fingerprint density at radius 1 is 1.50 bits per heavy atom. The fraction of sp³-hybridized carbons (Fsp3) is 0.375. The molecule has 102 valence electrons. The van der Waals surface area contributed by atoms with Gasteiger partial charge in [0.25, 0.3) is 0 Å². The number of fused-ring (bicyclic) bond motifs is 2. The number of hydroxylamine groups is 2. The van der Waals surface area contributed by atoms with E-state index in [1.165, 1.54) is 4.90 Å². The average molecular weight is 310 g/mol. The van der Waals surface area contributed by atoms with Crippen LogP contribution < -0.4 is 29.6 Å². The topological polar surface area (TPSA) is 129 Å². The zero-order chi connectivity index (χ0) is 13.6. The van der Waals surface area contributed by atoms with E-state index in [2.05, 4.69) is 18.9 Å². The maximum absolute atomic E-state index is 11.8. The Morgan fingerprint density at radius 3 is 2.85 bits per heavy atom. The number of urea groups is 1. The summed E-state index contributed by atoms with van der Waals surface area (Å²) in [5, 5.41) is 4.17. The van der Waals surface area contributed by atoms with Gasteiger partial charge in [0.1, 0.15) is 0 Å². The summed E-state index contributed by atoms with van der Waals surface area (Å²) in [5.41, 5.74) is 0.591. The van der Waals surface area contributed by atoms with Crippen LogP contribution in [0.4, 0.5) is 4.79 Å². The van der Waals surface area contributed by atoms with Gasteiger partial charge < -0.3 is 14.0 Å². The number of hydrogen-bond donors (Lipinski definition) is 0. The molecule has 1 aromatic rings. The molecule has 2 bridgehead atoms. The first-order valence-electron chi connectivity index (χ1n) is 5.15. The van der Waals surface area contributed by atoms with E-state index in [4.69, 9.17) is 0 Å². The molecule has 0 aromatic carbocycles. The van der Waals surface area contributed by atoms with E-state index < -0.39 is 22.5 Å². The third-order valence-corrected chi connectivity index (χ3v) is 3.09. The molecule has 12 heteroatoms. The maximum atomic E-state index is 11.8. The van der Waals surface area contributed by atoms with Crippen LogP contribution in [0.2, 0.25) is 0 Å². The quantitative estimate of drug-likeness (QED) is 0.313. The summed E-state index contributed by atoms with van der Waals surface area (Å²) >= 11 is 0. The zero-order valence-electron chi connectivity index (χ0n) is 10.3. The van der Waals surface area contributed by atoms with Crippen LogP contribution in [0, 0.1) is 0 Å². The van der Waals surface area contributed by atoms with Crippen LogP contribution in [-0.4, -0.2) is 58.2 Å². The molecule has 10 nitrogen and oxygen atoms in total. The molecule has 20 heavy (non-hydrogen) atoms. The van der Waals surface area contributed by atoms with Gasteiger partial charge in [0, 0.05) is 12.1 Å². The van der Waals surface area contributed by atoms with Gasteiger partial charge in [-0.25, -0.2) is 13.2 Å². The van der Waals surface area contributed by atoms with E-state index in [0.29, 0.717) is 16.5 Å². The molecule has 1 fully saturated rings. The largest absolute Gasteiger partial charge is 1.00 e. The maximum Gasteiger partial charge on any atom is 1.00 e. The monoisotopic (exact) mass is 310 g/mol. The Morgan fingerprint density at radius 2 is 2.25 bits per heavy atom. The summed E-state index contributed by atoms with van der Waals surface area (Å²) < 4.78 is 40.5. The molecular weight excluding hydrogens is 303 g/mol. The SMILES string of the molecule is O=C1N2CC(c3ncon3)=CC(C2)N1OS(=O)(=O)[O-].[Na+]. The molecule has 2 aliphatic heterocycles. The summed E-state index contributed by atoms with van der Waals surface area (Å²) in [5.74, 6) is 0.300. The zero-order valence-corrected chi connectivity index (χ0v) is 13.1. The minimum atomic E-state index is -5.00. The van der Waals surface area contributed by atoms with E-state index in [-0.39, 0.29) is 42.6 Å². The standard InChI is InChI=1S/C8H8N4O6S.Na/c13-8-11-2-5(7-9-4-17-10-7)1-6(3-11)12(8)18-19(14,15)16;/h1,4,6H,2-3H2,(H,14,15,16);/q;+1/p-1. The van der Waals surface area contributed by atoms with Crippen LogP contribution in [0.25, 0.3) is 5.57 Å². The van der Waals surface area contributed by atoms with Gasteiger partial charge in [-0.05, 0) is 6.08 Å². The van der Waals surface area contributed by atoms with Crippen molar-refractivity contribution < 1.29 is 56.1 Å². The van der Waals surface area contributed by atoms with Gasteiger partial charge in [-0.2, -0.15) is 14.3 Å². The van der Waals surface area contributed by atoms with Crippen LogP contribution in [0.15, 0.2) is 17.0 Å². The number of aromatic nitrogens is 2. The fourth-order valence-electron chi connectivity index (χ4n) is 2.05. The fourth-order valence-corrected chi connectivity index (χ4v) is 2.42. The Bertz CT molecular complexity index is 644. The summed E-state index contributed by atoms with van der Waals surface area (Å²) in [6.07, 6.45) is 2.71. The molecule has 1 aromatic heterocycles. The molecule has 2 aliphatic rings. The van der Waals surface area contributed by atoms with E-state index >= 15 is 0 Å². The number of hydrogen-bond acceptors (Lipinski definition) is 8. The molecule has 0 saturated carbocycles. The number of amides is 2. The van der Waals surface area contributed by atoms with Crippen molar-refractivity contribution in [3.05, 3.63) is 18.3 Å². The van der Waals surface area contributed by atoms with Crippen molar-refractivity contribution in [3.63, 3.8) is 0 Å². The summed E-state index contributed by atoms with van der Waals surface area (Å²) in [4.78, 5) is 17.0. The van der Waals surface area contributed by atoms with E-state index in [1.807, 2.05) is 0 Å². The van der Waals surface area contributed by atoms with Crippen LogP contribution in [0.5, 0.6) is 0 Å². The van der Waals surface area contributed by atoms with Gasteiger partial charge in [-0.15, -0.1) is 0 Å². The van der Waals surface area contributed by atoms with Gasteiger partial charge in [-0.1, -0.05) is 5.16 Å². The second kappa shape index (κ2) is 5.42. The van der Waals surface area contributed by atoms with Crippen molar-refractivity contribution in [2.75, 3.05) is 13.1 Å². The average Bonchev–Trinajstić information content (AvgIpc) is 2.92. The molecule has 3 rings (SSSR count). The molecule has 3 heterocycles. The van der Waals surface area contributed by atoms with Gasteiger partial charge >= 0.3 is 35.6 Å². The number of carbonyl (C=O) groups is 1. The van der Waals surface area contributed by atoms with Crippen LogP contribution >= 0.6 is 0 Å². The number of nitrogens with zero attached hydrogens (tertiary/aromatic N) is 4. The van der Waals surface area contributed by atoms with Crippen molar-refractivity contribution >= 4 is 22.0 Å². The predicted octanol–water partition coefficient (Wildman–Crippen LogP) is -4.03. The smallest absolute Gasteiger partial charge is 0.724 e. The molecule has 0 radical (unpaired) electrons. The first-order valence-corrected chi connectivity index (χ1v) is 6.48.